The molecule has 0 bridgehead atoms. The number of aryl methyl sites for hydroxylation is 1. The Balaban J connectivity index is 2.11. The SMILES string of the molecule is CCOC(=O)c1cc(C)c(-c2ccccc2)c(C(C)C(=O)c2ccc(OC)cc2)n1. The fourth-order valence-corrected chi connectivity index (χ4v) is 3.43. The molecule has 0 saturated carbocycles. The largest absolute Gasteiger partial charge is 0.497 e. The number of rotatable bonds is 7. The Kier molecular flexibility index (Phi) is 6.62. The molecule has 3 aromatic rings. The summed E-state index contributed by atoms with van der Waals surface area (Å²) in [7, 11) is 1.58. The van der Waals surface area contributed by atoms with Gasteiger partial charge < -0.3 is 9.47 Å². The van der Waals surface area contributed by atoms with Gasteiger partial charge >= 0.3 is 5.97 Å². The average molecular weight is 403 g/mol. The standard InChI is InChI=1S/C25H25NO4/c1-5-30-25(28)21-15-16(2)22(18-9-7-6-8-10-18)23(26-21)17(3)24(27)19-11-13-20(29-4)14-12-19/h6-15,17H,5H2,1-4H3. The van der Waals surface area contributed by atoms with Crippen LogP contribution in [0, 0.1) is 6.92 Å². The third-order valence-corrected chi connectivity index (χ3v) is 4.97. The van der Waals surface area contributed by atoms with Gasteiger partial charge in [-0.05, 0) is 62.2 Å². The molecule has 2 aromatic carbocycles. The molecular formula is C25H25NO4. The number of methoxy groups -OCH3 is 1. The molecule has 154 valence electrons. The van der Waals surface area contributed by atoms with Crippen LogP contribution in [0.5, 0.6) is 5.75 Å². The van der Waals surface area contributed by atoms with Crippen molar-refractivity contribution in [2.24, 2.45) is 0 Å². The van der Waals surface area contributed by atoms with E-state index in [0.717, 1.165) is 16.7 Å². The highest BCUT2D eigenvalue weighted by Crippen LogP contribution is 2.33. The van der Waals surface area contributed by atoms with Crippen molar-refractivity contribution in [2.75, 3.05) is 13.7 Å². The van der Waals surface area contributed by atoms with Crippen molar-refractivity contribution in [1.82, 2.24) is 4.98 Å². The smallest absolute Gasteiger partial charge is 0.356 e. The molecule has 0 saturated heterocycles. The first-order valence-corrected chi connectivity index (χ1v) is 9.88. The van der Waals surface area contributed by atoms with Crippen LogP contribution in [0.2, 0.25) is 0 Å². The molecule has 5 heteroatoms. The van der Waals surface area contributed by atoms with Gasteiger partial charge in [0.25, 0.3) is 0 Å². The van der Waals surface area contributed by atoms with Crippen LogP contribution in [0.1, 0.15) is 51.9 Å². The van der Waals surface area contributed by atoms with Crippen LogP contribution in [0.25, 0.3) is 11.1 Å². The van der Waals surface area contributed by atoms with E-state index < -0.39 is 11.9 Å². The second-order valence-electron chi connectivity index (χ2n) is 6.99. The van der Waals surface area contributed by atoms with Crippen LogP contribution in [-0.2, 0) is 4.74 Å². The number of ketones is 1. The number of carbonyl (C=O) groups excluding carboxylic acids is 2. The molecule has 0 spiro atoms. The molecule has 1 atom stereocenters. The van der Waals surface area contributed by atoms with Crippen molar-refractivity contribution in [2.45, 2.75) is 26.7 Å². The lowest BCUT2D eigenvalue weighted by Crippen LogP contribution is -2.16. The Bertz CT molecular complexity index is 1040. The van der Waals surface area contributed by atoms with E-state index in [4.69, 9.17) is 9.47 Å². The number of hydrogen-bond acceptors (Lipinski definition) is 5. The minimum atomic E-state index is -0.554. The Morgan fingerprint density at radius 1 is 1.03 bits per heavy atom. The van der Waals surface area contributed by atoms with Crippen LogP contribution in [-0.4, -0.2) is 30.5 Å². The summed E-state index contributed by atoms with van der Waals surface area (Å²) in [6.07, 6.45) is 0. The zero-order valence-electron chi connectivity index (χ0n) is 17.6. The highest BCUT2D eigenvalue weighted by molar-refractivity contribution is 6.02. The first-order valence-electron chi connectivity index (χ1n) is 9.88. The molecule has 1 heterocycles. The summed E-state index contributed by atoms with van der Waals surface area (Å²) in [6, 6.07) is 18.5. The van der Waals surface area contributed by atoms with Crippen LogP contribution in [0.4, 0.5) is 0 Å². The molecule has 1 aromatic heterocycles. The minimum absolute atomic E-state index is 0.0808. The summed E-state index contributed by atoms with van der Waals surface area (Å²) in [5.41, 5.74) is 4.00. The maximum Gasteiger partial charge on any atom is 0.356 e. The zero-order chi connectivity index (χ0) is 21.7. The van der Waals surface area contributed by atoms with Gasteiger partial charge in [0.15, 0.2) is 5.78 Å². The number of ether oxygens (including phenoxy) is 2. The summed E-state index contributed by atoms with van der Waals surface area (Å²) in [6.45, 7) is 5.74. The highest BCUT2D eigenvalue weighted by atomic mass is 16.5. The molecular weight excluding hydrogens is 378 g/mol. The monoisotopic (exact) mass is 403 g/mol. The average Bonchev–Trinajstić information content (AvgIpc) is 2.78. The number of pyridine rings is 1. The van der Waals surface area contributed by atoms with Crippen molar-refractivity contribution >= 4 is 11.8 Å². The number of nitrogens with zero attached hydrogens (tertiary/aromatic N) is 1. The lowest BCUT2D eigenvalue weighted by molar-refractivity contribution is 0.0518. The zero-order valence-corrected chi connectivity index (χ0v) is 17.6. The summed E-state index contributed by atoms with van der Waals surface area (Å²) in [5.74, 6) is -0.447. The van der Waals surface area contributed by atoms with Crippen molar-refractivity contribution in [3.05, 3.63) is 83.2 Å². The fraction of sp³-hybridized carbons (Fsp3) is 0.240. The van der Waals surface area contributed by atoms with Crippen molar-refractivity contribution < 1.29 is 19.1 Å². The third kappa shape index (κ3) is 4.40. The van der Waals surface area contributed by atoms with Crippen LogP contribution < -0.4 is 4.74 Å². The molecule has 0 radical (unpaired) electrons. The van der Waals surface area contributed by atoms with Gasteiger partial charge in [0.2, 0.25) is 0 Å². The molecule has 0 fully saturated rings. The van der Waals surface area contributed by atoms with Gasteiger partial charge in [-0.3, -0.25) is 4.79 Å². The maximum atomic E-state index is 13.2. The number of esters is 1. The van der Waals surface area contributed by atoms with Crippen LogP contribution in [0.15, 0.2) is 60.7 Å². The number of carbonyl (C=O) groups is 2. The van der Waals surface area contributed by atoms with Crippen molar-refractivity contribution in [1.29, 1.82) is 0 Å². The summed E-state index contributed by atoms with van der Waals surface area (Å²) >= 11 is 0. The molecule has 0 aliphatic carbocycles. The Labute approximate surface area is 176 Å². The Morgan fingerprint density at radius 2 is 1.70 bits per heavy atom. The van der Waals surface area contributed by atoms with E-state index in [-0.39, 0.29) is 18.1 Å². The van der Waals surface area contributed by atoms with Gasteiger partial charge in [-0.25, -0.2) is 9.78 Å². The molecule has 1 unspecified atom stereocenters. The van der Waals surface area contributed by atoms with Crippen molar-refractivity contribution in [3.8, 4) is 16.9 Å². The predicted octanol–water partition coefficient (Wildman–Crippen LogP) is 5.23. The van der Waals surface area contributed by atoms with E-state index in [1.54, 1.807) is 44.4 Å². The molecule has 5 nitrogen and oxygen atoms in total. The second kappa shape index (κ2) is 9.35. The van der Waals surface area contributed by atoms with E-state index in [0.29, 0.717) is 17.0 Å². The van der Waals surface area contributed by atoms with Crippen LogP contribution >= 0.6 is 0 Å². The van der Waals surface area contributed by atoms with Gasteiger partial charge in [-0.2, -0.15) is 0 Å². The van der Waals surface area contributed by atoms with Gasteiger partial charge in [0.1, 0.15) is 11.4 Å². The third-order valence-electron chi connectivity index (χ3n) is 4.97. The predicted molar refractivity (Wildman–Crippen MR) is 116 cm³/mol. The normalized spacial score (nSPS) is 11.6. The second-order valence-corrected chi connectivity index (χ2v) is 6.99. The van der Waals surface area contributed by atoms with Gasteiger partial charge in [0.05, 0.1) is 25.3 Å². The lowest BCUT2D eigenvalue weighted by Gasteiger charge is -2.19. The van der Waals surface area contributed by atoms with E-state index in [9.17, 15) is 9.59 Å². The molecule has 0 aliphatic heterocycles. The summed E-state index contributed by atoms with van der Waals surface area (Å²) in [5, 5.41) is 0. The van der Waals surface area contributed by atoms with Crippen LogP contribution in [0.3, 0.4) is 0 Å². The van der Waals surface area contributed by atoms with E-state index in [2.05, 4.69) is 4.98 Å². The van der Waals surface area contributed by atoms with Gasteiger partial charge in [0, 0.05) is 11.1 Å². The molecule has 3 rings (SSSR count). The topological polar surface area (TPSA) is 65.5 Å². The first-order chi connectivity index (χ1) is 14.5. The van der Waals surface area contributed by atoms with E-state index >= 15 is 0 Å². The Morgan fingerprint density at radius 3 is 2.30 bits per heavy atom. The minimum Gasteiger partial charge on any atom is -0.497 e. The maximum absolute atomic E-state index is 13.2. The molecule has 0 amide bonds. The number of benzene rings is 2. The van der Waals surface area contributed by atoms with E-state index in [1.165, 1.54) is 0 Å². The van der Waals surface area contributed by atoms with Gasteiger partial charge in [-0.15, -0.1) is 0 Å². The quantitative estimate of drug-likeness (QED) is 0.399. The summed E-state index contributed by atoms with van der Waals surface area (Å²) < 4.78 is 10.3. The molecule has 0 N–H and O–H groups in total. The Hall–Kier alpha value is -3.47. The number of Topliss-reactive ketones (excluding diaryl/α,β-unsaturated/α-hetero) is 1. The lowest BCUT2D eigenvalue weighted by atomic mass is 9.88. The first kappa shape index (κ1) is 21.2. The summed E-state index contributed by atoms with van der Waals surface area (Å²) in [4.78, 5) is 30.2. The fourth-order valence-electron chi connectivity index (χ4n) is 3.43. The number of hydrogen-bond donors (Lipinski definition) is 0. The van der Waals surface area contributed by atoms with Gasteiger partial charge in [-0.1, -0.05) is 30.3 Å². The highest BCUT2D eigenvalue weighted by Gasteiger charge is 2.25. The molecule has 0 aliphatic rings. The number of aromatic nitrogens is 1. The molecule has 30 heavy (non-hydrogen) atoms. The van der Waals surface area contributed by atoms with Crippen molar-refractivity contribution in [3.63, 3.8) is 0 Å². The van der Waals surface area contributed by atoms with E-state index in [1.807, 2.05) is 44.2 Å².